The largest absolute Gasteiger partial charge is 0.502 e. The molecule has 1 aliphatic carbocycles. The SMILES string of the molecule is COC(=O)C1=CO[C@@H](O[C@@H]2O[C@H](COC(=O)c3cc(OC)c(O)c(OC)c3)[C@@H](O)[C@H](O)[C@H]2O)[C@H]2[C@@H]1[C@H](O)[C@@H]1O[C@]21C. The van der Waals surface area contributed by atoms with Crippen molar-refractivity contribution in [2.24, 2.45) is 11.8 Å². The van der Waals surface area contributed by atoms with Crippen LogP contribution in [0.4, 0.5) is 0 Å². The summed E-state index contributed by atoms with van der Waals surface area (Å²) in [6.07, 6.45) is -9.85. The second kappa shape index (κ2) is 10.9. The van der Waals surface area contributed by atoms with Gasteiger partial charge >= 0.3 is 11.9 Å². The highest BCUT2D eigenvalue weighted by Crippen LogP contribution is 2.61. The quantitative estimate of drug-likeness (QED) is 0.175. The van der Waals surface area contributed by atoms with Gasteiger partial charge in [-0.1, -0.05) is 0 Å². The van der Waals surface area contributed by atoms with E-state index < -0.39 is 85.2 Å². The number of fused-ring (bicyclic) bond motifs is 3. The summed E-state index contributed by atoms with van der Waals surface area (Å²) in [5.74, 6) is -3.48. The predicted octanol–water partition coefficient (Wildman–Crippen LogP) is -1.43. The van der Waals surface area contributed by atoms with Crippen molar-refractivity contribution in [2.75, 3.05) is 27.9 Å². The van der Waals surface area contributed by atoms with Crippen molar-refractivity contribution in [3.05, 3.63) is 29.5 Å². The van der Waals surface area contributed by atoms with Crippen LogP contribution in [0.5, 0.6) is 17.2 Å². The third-order valence-electron chi connectivity index (χ3n) is 8.05. The molecular weight excluding hydrogens is 552 g/mol. The molecule has 0 bridgehead atoms. The van der Waals surface area contributed by atoms with E-state index in [4.69, 9.17) is 37.9 Å². The molecule has 0 radical (unpaired) electrons. The molecule has 41 heavy (non-hydrogen) atoms. The fourth-order valence-corrected chi connectivity index (χ4v) is 5.76. The molecular formula is C26H32O15. The monoisotopic (exact) mass is 584 g/mol. The van der Waals surface area contributed by atoms with Crippen LogP contribution < -0.4 is 9.47 Å². The Balaban J connectivity index is 1.30. The highest BCUT2D eigenvalue weighted by atomic mass is 16.8. The number of phenolic OH excluding ortho intramolecular Hbond substituents is 1. The third-order valence-corrected chi connectivity index (χ3v) is 8.05. The van der Waals surface area contributed by atoms with Gasteiger partial charge in [0.2, 0.25) is 12.0 Å². The number of carbonyl (C=O) groups is 2. The maximum absolute atomic E-state index is 12.7. The number of carbonyl (C=O) groups excluding carboxylic acids is 2. The molecule has 0 amide bonds. The molecule has 226 valence electrons. The molecule has 1 saturated carbocycles. The lowest BCUT2D eigenvalue weighted by molar-refractivity contribution is -0.344. The molecule has 4 aliphatic rings. The number of phenols is 1. The van der Waals surface area contributed by atoms with Gasteiger partial charge in [0.15, 0.2) is 17.8 Å². The molecule has 0 spiro atoms. The summed E-state index contributed by atoms with van der Waals surface area (Å²) in [5, 5.41) is 52.5. The van der Waals surface area contributed by atoms with Gasteiger partial charge in [-0.15, -0.1) is 0 Å². The zero-order valence-electron chi connectivity index (χ0n) is 22.5. The minimum atomic E-state index is -1.76. The first-order chi connectivity index (χ1) is 19.5. The van der Waals surface area contributed by atoms with Crippen LogP contribution in [-0.4, -0.2) is 120 Å². The maximum atomic E-state index is 12.7. The average Bonchev–Trinajstić information content (AvgIpc) is 3.61. The lowest BCUT2D eigenvalue weighted by atomic mass is 9.81. The molecule has 0 unspecified atom stereocenters. The standard InChI is InChI=1S/C26H32O15/c1-26-15-14(18(29)21(26)41-26)10(23(33)36-4)7-38-24(15)40-25-20(31)19(30)17(28)13(39-25)8-37-22(32)9-5-11(34-2)16(27)12(6-9)35-3/h5-7,13-15,17-21,24-25,27-31H,8H2,1-4H3/t13-,14-,15-,17-,18+,19+,20-,21+,24+,25+,26-/m1/s1. The van der Waals surface area contributed by atoms with E-state index in [1.807, 2.05) is 0 Å². The zero-order chi connectivity index (χ0) is 29.8. The number of aliphatic hydroxyl groups excluding tert-OH is 4. The number of aromatic hydroxyl groups is 1. The van der Waals surface area contributed by atoms with Gasteiger partial charge in [-0.05, 0) is 19.1 Å². The van der Waals surface area contributed by atoms with Crippen LogP contribution >= 0.6 is 0 Å². The molecule has 3 aliphatic heterocycles. The van der Waals surface area contributed by atoms with Gasteiger partial charge in [0.25, 0.3) is 0 Å². The van der Waals surface area contributed by atoms with Crippen LogP contribution in [0.1, 0.15) is 17.3 Å². The molecule has 2 saturated heterocycles. The minimum Gasteiger partial charge on any atom is -0.502 e. The smallest absolute Gasteiger partial charge is 0.338 e. The van der Waals surface area contributed by atoms with Crippen molar-refractivity contribution in [3.8, 4) is 17.2 Å². The van der Waals surface area contributed by atoms with E-state index in [0.29, 0.717) is 0 Å². The van der Waals surface area contributed by atoms with E-state index in [9.17, 15) is 35.1 Å². The van der Waals surface area contributed by atoms with Crippen LogP contribution in [0.3, 0.4) is 0 Å². The van der Waals surface area contributed by atoms with Gasteiger partial charge in [-0.2, -0.15) is 0 Å². The average molecular weight is 585 g/mol. The Morgan fingerprint density at radius 2 is 1.59 bits per heavy atom. The zero-order valence-corrected chi connectivity index (χ0v) is 22.5. The summed E-state index contributed by atoms with van der Waals surface area (Å²) in [6, 6.07) is 2.44. The highest BCUT2D eigenvalue weighted by molar-refractivity contribution is 5.91. The normalized spacial score (nSPS) is 39.0. The fraction of sp³-hybridized carbons (Fsp3) is 0.615. The van der Waals surface area contributed by atoms with Crippen LogP contribution in [0, 0.1) is 11.8 Å². The summed E-state index contributed by atoms with van der Waals surface area (Å²) < 4.78 is 43.0. The number of ether oxygens (including phenoxy) is 8. The Kier molecular flexibility index (Phi) is 7.80. The van der Waals surface area contributed by atoms with Gasteiger partial charge in [-0.25, -0.2) is 9.59 Å². The molecule has 5 rings (SSSR count). The van der Waals surface area contributed by atoms with Gasteiger partial charge < -0.3 is 63.4 Å². The minimum absolute atomic E-state index is 0.0416. The number of benzene rings is 1. The van der Waals surface area contributed by atoms with E-state index in [0.717, 1.165) is 6.26 Å². The summed E-state index contributed by atoms with van der Waals surface area (Å²) >= 11 is 0. The Morgan fingerprint density at radius 3 is 2.20 bits per heavy atom. The van der Waals surface area contributed by atoms with Gasteiger partial charge in [0.1, 0.15) is 42.7 Å². The second-order valence-corrected chi connectivity index (χ2v) is 10.3. The third kappa shape index (κ3) is 4.86. The lowest BCUT2D eigenvalue weighted by Gasteiger charge is -2.43. The lowest BCUT2D eigenvalue weighted by Crippen LogP contribution is -2.61. The van der Waals surface area contributed by atoms with Crippen molar-refractivity contribution < 1.29 is 73.0 Å². The van der Waals surface area contributed by atoms with Crippen LogP contribution in [-0.2, 0) is 33.2 Å². The number of epoxide rings is 1. The summed E-state index contributed by atoms with van der Waals surface area (Å²) in [7, 11) is 3.77. The summed E-state index contributed by atoms with van der Waals surface area (Å²) in [6.45, 7) is 1.15. The van der Waals surface area contributed by atoms with E-state index in [1.54, 1.807) is 6.92 Å². The highest BCUT2D eigenvalue weighted by Gasteiger charge is 2.75. The van der Waals surface area contributed by atoms with E-state index in [2.05, 4.69) is 0 Å². The van der Waals surface area contributed by atoms with E-state index in [1.165, 1.54) is 33.5 Å². The number of aliphatic hydroxyl groups is 4. The van der Waals surface area contributed by atoms with Crippen LogP contribution in [0.25, 0.3) is 0 Å². The first-order valence-corrected chi connectivity index (χ1v) is 12.7. The van der Waals surface area contributed by atoms with Crippen LogP contribution in [0.15, 0.2) is 24.0 Å². The van der Waals surface area contributed by atoms with Gasteiger partial charge in [0, 0.05) is 5.92 Å². The molecule has 3 fully saturated rings. The first kappa shape index (κ1) is 29.3. The topological polar surface area (TPSA) is 212 Å². The molecule has 1 aromatic carbocycles. The Labute approximate surface area is 233 Å². The Hall–Kier alpha value is -3.18. The summed E-state index contributed by atoms with van der Waals surface area (Å²) in [5.41, 5.74) is -0.868. The molecule has 11 atom stereocenters. The fourth-order valence-electron chi connectivity index (χ4n) is 5.76. The molecule has 15 heteroatoms. The molecule has 5 N–H and O–H groups in total. The van der Waals surface area contributed by atoms with Crippen LogP contribution in [0.2, 0.25) is 0 Å². The van der Waals surface area contributed by atoms with Gasteiger partial charge in [-0.3, -0.25) is 0 Å². The predicted molar refractivity (Wildman–Crippen MR) is 130 cm³/mol. The molecule has 1 aromatic rings. The van der Waals surface area contributed by atoms with E-state index >= 15 is 0 Å². The molecule has 3 heterocycles. The van der Waals surface area contributed by atoms with Crippen molar-refractivity contribution >= 4 is 11.9 Å². The Bertz CT molecular complexity index is 1190. The van der Waals surface area contributed by atoms with Crippen molar-refractivity contribution in [3.63, 3.8) is 0 Å². The van der Waals surface area contributed by atoms with Gasteiger partial charge in [0.05, 0.1) is 50.7 Å². The first-order valence-electron chi connectivity index (χ1n) is 12.7. The van der Waals surface area contributed by atoms with Crippen molar-refractivity contribution in [2.45, 2.75) is 61.7 Å². The number of rotatable bonds is 8. The van der Waals surface area contributed by atoms with E-state index in [-0.39, 0.29) is 28.4 Å². The van der Waals surface area contributed by atoms with Crippen molar-refractivity contribution in [1.29, 1.82) is 0 Å². The maximum Gasteiger partial charge on any atom is 0.338 e. The number of hydrogen-bond acceptors (Lipinski definition) is 15. The summed E-state index contributed by atoms with van der Waals surface area (Å²) in [4.78, 5) is 25.0. The second-order valence-electron chi connectivity index (χ2n) is 10.3. The molecule has 15 nitrogen and oxygen atoms in total. The number of hydrogen-bond donors (Lipinski definition) is 5. The van der Waals surface area contributed by atoms with Crippen molar-refractivity contribution in [1.82, 2.24) is 0 Å². The Morgan fingerprint density at radius 1 is 0.927 bits per heavy atom. The number of esters is 2. The number of methoxy groups -OCH3 is 3. The molecule has 0 aromatic heterocycles.